The van der Waals surface area contributed by atoms with Gasteiger partial charge in [0, 0.05) is 26.2 Å². The first-order valence-corrected chi connectivity index (χ1v) is 7.72. The first-order valence-electron chi connectivity index (χ1n) is 7.72. The Bertz CT molecular complexity index is 593. The molecule has 3 rings (SSSR count). The van der Waals surface area contributed by atoms with Gasteiger partial charge < -0.3 is 20.3 Å². The number of benzene rings is 1. The average Bonchev–Trinajstić information content (AvgIpc) is 3.32. The highest BCUT2D eigenvalue weighted by atomic mass is 19.1. The lowest BCUT2D eigenvalue weighted by Gasteiger charge is -2.36. The first kappa shape index (κ1) is 15.7. The van der Waals surface area contributed by atoms with Gasteiger partial charge >= 0.3 is 0 Å². The molecule has 1 aliphatic heterocycles. The Morgan fingerprint density at radius 3 is 2.22 bits per heavy atom. The minimum absolute atomic E-state index is 0.00726. The van der Waals surface area contributed by atoms with Crippen LogP contribution in [0, 0.1) is 5.82 Å². The molecule has 23 heavy (non-hydrogen) atoms. The molecule has 0 unspecified atom stereocenters. The van der Waals surface area contributed by atoms with E-state index in [-0.39, 0.29) is 24.2 Å². The highest BCUT2D eigenvalue weighted by Gasteiger charge is 2.48. The fourth-order valence-corrected chi connectivity index (χ4v) is 2.59. The van der Waals surface area contributed by atoms with Crippen molar-refractivity contribution >= 4 is 11.8 Å². The van der Waals surface area contributed by atoms with Crippen molar-refractivity contribution in [2.45, 2.75) is 18.4 Å². The molecule has 1 heterocycles. The number of hydrogen-bond acceptors (Lipinski definition) is 4. The van der Waals surface area contributed by atoms with E-state index in [0.29, 0.717) is 31.9 Å². The van der Waals surface area contributed by atoms with Gasteiger partial charge in [0.2, 0.25) is 5.91 Å². The van der Waals surface area contributed by atoms with Gasteiger partial charge in [0.25, 0.3) is 5.91 Å². The van der Waals surface area contributed by atoms with Crippen LogP contribution < -0.4 is 10.5 Å². The maximum Gasteiger partial charge on any atom is 0.260 e. The van der Waals surface area contributed by atoms with Gasteiger partial charge in [0.15, 0.2) is 6.61 Å². The standard InChI is InChI=1S/C16H20FN3O3/c17-12-1-3-13(4-2-12)23-11-14(21)19-7-9-20(10-8-19)15(22)16(18)5-6-16/h1-4H,5-11,18H2. The Morgan fingerprint density at radius 2 is 1.65 bits per heavy atom. The van der Waals surface area contributed by atoms with Crippen molar-refractivity contribution in [3.8, 4) is 5.75 Å². The molecule has 2 fully saturated rings. The summed E-state index contributed by atoms with van der Waals surface area (Å²) in [6, 6.07) is 5.53. The Labute approximate surface area is 134 Å². The van der Waals surface area contributed by atoms with E-state index in [2.05, 4.69) is 0 Å². The topological polar surface area (TPSA) is 75.9 Å². The summed E-state index contributed by atoms with van der Waals surface area (Å²) in [5, 5.41) is 0. The van der Waals surface area contributed by atoms with Crippen LogP contribution >= 0.6 is 0 Å². The number of hydrogen-bond donors (Lipinski definition) is 1. The number of halogens is 1. The molecule has 1 saturated carbocycles. The Kier molecular flexibility index (Phi) is 4.21. The van der Waals surface area contributed by atoms with Crippen LogP contribution in [0.4, 0.5) is 4.39 Å². The SMILES string of the molecule is NC1(C(=O)N2CCN(C(=O)COc3ccc(F)cc3)CC2)CC1. The maximum atomic E-state index is 12.8. The Hall–Kier alpha value is -2.15. The van der Waals surface area contributed by atoms with E-state index in [1.54, 1.807) is 9.80 Å². The van der Waals surface area contributed by atoms with Crippen LogP contribution in [0.5, 0.6) is 5.75 Å². The van der Waals surface area contributed by atoms with Crippen LogP contribution in [-0.2, 0) is 9.59 Å². The van der Waals surface area contributed by atoms with E-state index < -0.39 is 5.54 Å². The van der Waals surface area contributed by atoms with Gasteiger partial charge in [0.1, 0.15) is 11.6 Å². The molecule has 2 amide bonds. The van der Waals surface area contributed by atoms with Crippen LogP contribution in [0.25, 0.3) is 0 Å². The third kappa shape index (κ3) is 3.61. The lowest BCUT2D eigenvalue weighted by molar-refractivity contribution is -0.141. The molecule has 1 aromatic carbocycles. The zero-order valence-electron chi connectivity index (χ0n) is 12.8. The van der Waals surface area contributed by atoms with Crippen LogP contribution in [0.2, 0.25) is 0 Å². The summed E-state index contributed by atoms with van der Waals surface area (Å²) in [6.07, 6.45) is 1.49. The summed E-state index contributed by atoms with van der Waals surface area (Å²) >= 11 is 0. The predicted octanol–water partition coefficient (Wildman–Crippen LogP) is 0.367. The van der Waals surface area contributed by atoms with Crippen molar-refractivity contribution in [3.63, 3.8) is 0 Å². The number of ether oxygens (including phenoxy) is 1. The van der Waals surface area contributed by atoms with Gasteiger partial charge in [0.05, 0.1) is 5.54 Å². The summed E-state index contributed by atoms with van der Waals surface area (Å²) < 4.78 is 18.2. The van der Waals surface area contributed by atoms with E-state index in [9.17, 15) is 14.0 Å². The van der Waals surface area contributed by atoms with Crippen LogP contribution in [0.1, 0.15) is 12.8 Å². The number of nitrogens with zero attached hydrogens (tertiary/aromatic N) is 2. The molecule has 6 nitrogen and oxygen atoms in total. The molecule has 0 bridgehead atoms. The number of carbonyl (C=O) groups excluding carboxylic acids is 2. The van der Waals surface area contributed by atoms with Crippen molar-refractivity contribution < 1.29 is 18.7 Å². The van der Waals surface area contributed by atoms with E-state index in [0.717, 1.165) is 12.8 Å². The number of rotatable bonds is 4. The van der Waals surface area contributed by atoms with Gasteiger partial charge in [-0.2, -0.15) is 0 Å². The van der Waals surface area contributed by atoms with Crippen molar-refractivity contribution in [1.82, 2.24) is 9.80 Å². The fraction of sp³-hybridized carbons (Fsp3) is 0.500. The second-order valence-electron chi connectivity index (χ2n) is 6.07. The number of carbonyl (C=O) groups is 2. The summed E-state index contributed by atoms with van der Waals surface area (Å²) in [4.78, 5) is 27.7. The highest BCUT2D eigenvalue weighted by Crippen LogP contribution is 2.34. The number of amides is 2. The molecule has 1 saturated heterocycles. The van der Waals surface area contributed by atoms with E-state index in [1.165, 1.54) is 24.3 Å². The van der Waals surface area contributed by atoms with E-state index in [4.69, 9.17) is 10.5 Å². The molecule has 7 heteroatoms. The van der Waals surface area contributed by atoms with E-state index >= 15 is 0 Å². The third-order valence-electron chi connectivity index (χ3n) is 4.31. The fourth-order valence-electron chi connectivity index (χ4n) is 2.59. The normalized spacial score (nSPS) is 19.4. The first-order chi connectivity index (χ1) is 11.0. The summed E-state index contributed by atoms with van der Waals surface area (Å²) in [6.45, 7) is 1.86. The second kappa shape index (κ2) is 6.16. The van der Waals surface area contributed by atoms with Crippen LogP contribution in [0.15, 0.2) is 24.3 Å². The van der Waals surface area contributed by atoms with E-state index in [1.807, 2.05) is 0 Å². The largest absolute Gasteiger partial charge is 0.484 e. The molecular formula is C16H20FN3O3. The summed E-state index contributed by atoms with van der Waals surface area (Å²) in [5.41, 5.74) is 5.26. The summed E-state index contributed by atoms with van der Waals surface area (Å²) in [7, 11) is 0. The molecule has 0 aromatic heterocycles. The zero-order chi connectivity index (χ0) is 16.4. The van der Waals surface area contributed by atoms with Crippen LogP contribution in [-0.4, -0.2) is 59.9 Å². The predicted molar refractivity (Wildman–Crippen MR) is 81.2 cm³/mol. The smallest absolute Gasteiger partial charge is 0.260 e. The molecule has 2 aliphatic rings. The van der Waals surface area contributed by atoms with Gasteiger partial charge in [-0.1, -0.05) is 0 Å². The van der Waals surface area contributed by atoms with Gasteiger partial charge in [-0.3, -0.25) is 9.59 Å². The Balaban J connectivity index is 1.44. The molecular weight excluding hydrogens is 301 g/mol. The number of piperazine rings is 1. The van der Waals surface area contributed by atoms with Crippen LogP contribution in [0.3, 0.4) is 0 Å². The van der Waals surface area contributed by atoms with Crippen molar-refractivity contribution in [1.29, 1.82) is 0 Å². The third-order valence-corrected chi connectivity index (χ3v) is 4.31. The average molecular weight is 321 g/mol. The quantitative estimate of drug-likeness (QED) is 0.869. The molecule has 0 spiro atoms. The Morgan fingerprint density at radius 1 is 1.09 bits per heavy atom. The molecule has 1 aromatic rings. The molecule has 124 valence electrons. The van der Waals surface area contributed by atoms with Gasteiger partial charge in [-0.05, 0) is 37.1 Å². The van der Waals surface area contributed by atoms with Gasteiger partial charge in [-0.15, -0.1) is 0 Å². The lowest BCUT2D eigenvalue weighted by atomic mass is 10.2. The maximum absolute atomic E-state index is 12.8. The molecule has 0 atom stereocenters. The summed E-state index contributed by atoms with van der Waals surface area (Å²) in [5.74, 6) is -0.0485. The number of nitrogens with two attached hydrogens (primary N) is 1. The monoisotopic (exact) mass is 321 g/mol. The van der Waals surface area contributed by atoms with Crippen molar-refractivity contribution in [3.05, 3.63) is 30.1 Å². The molecule has 0 radical (unpaired) electrons. The minimum atomic E-state index is -0.655. The zero-order valence-corrected chi connectivity index (χ0v) is 12.8. The lowest BCUT2D eigenvalue weighted by Crippen LogP contribution is -2.55. The minimum Gasteiger partial charge on any atom is -0.484 e. The van der Waals surface area contributed by atoms with Crippen molar-refractivity contribution in [2.75, 3.05) is 32.8 Å². The molecule has 1 aliphatic carbocycles. The highest BCUT2D eigenvalue weighted by molar-refractivity contribution is 5.89. The molecule has 2 N–H and O–H groups in total. The van der Waals surface area contributed by atoms with Gasteiger partial charge in [-0.25, -0.2) is 4.39 Å². The van der Waals surface area contributed by atoms with Crippen molar-refractivity contribution in [2.24, 2.45) is 5.73 Å². The second-order valence-corrected chi connectivity index (χ2v) is 6.07.